The van der Waals surface area contributed by atoms with Crippen LogP contribution in [0.2, 0.25) is 0 Å². The Balaban J connectivity index is 1.82. The maximum absolute atomic E-state index is 6.03. The summed E-state index contributed by atoms with van der Waals surface area (Å²) in [4.78, 5) is 0. The minimum Gasteiger partial charge on any atom is -0.493 e. The molecule has 0 spiro atoms. The van der Waals surface area contributed by atoms with Crippen LogP contribution in [0.3, 0.4) is 0 Å². The van der Waals surface area contributed by atoms with E-state index in [9.17, 15) is 0 Å². The zero-order valence-corrected chi connectivity index (χ0v) is 31.6. The second-order valence-electron chi connectivity index (χ2n) is 14.5. The van der Waals surface area contributed by atoms with Crippen LogP contribution in [0.15, 0.2) is 24.3 Å². The summed E-state index contributed by atoms with van der Waals surface area (Å²) in [6.45, 7) is 6.24. The highest BCUT2D eigenvalue weighted by Gasteiger charge is 2.00. The summed E-state index contributed by atoms with van der Waals surface area (Å²) in [5.41, 5.74) is 0. The van der Waals surface area contributed by atoms with Crippen LogP contribution in [0.25, 0.3) is 0 Å². The Morgan fingerprint density at radius 2 is 0.522 bits per heavy atom. The van der Waals surface area contributed by atoms with Crippen molar-refractivity contribution in [1.29, 1.82) is 0 Å². The lowest BCUT2D eigenvalue weighted by molar-refractivity contribution is 0.289. The third-order valence-corrected chi connectivity index (χ3v) is 9.84. The molecule has 2 heteroatoms. The molecule has 46 heavy (non-hydrogen) atoms. The minimum atomic E-state index is 0.821. The van der Waals surface area contributed by atoms with Gasteiger partial charge in [0.1, 0.15) is 11.5 Å². The second kappa shape index (κ2) is 36.7. The van der Waals surface area contributed by atoms with E-state index >= 15 is 0 Å². The van der Waals surface area contributed by atoms with Gasteiger partial charge in [0.2, 0.25) is 0 Å². The molecule has 0 aliphatic rings. The van der Waals surface area contributed by atoms with E-state index in [2.05, 4.69) is 38.1 Å². The van der Waals surface area contributed by atoms with Gasteiger partial charge in [0.25, 0.3) is 0 Å². The minimum absolute atomic E-state index is 0.821. The molecule has 1 aromatic carbocycles. The van der Waals surface area contributed by atoms with Crippen LogP contribution < -0.4 is 9.47 Å². The lowest BCUT2D eigenvalue weighted by atomic mass is 10.0. The molecule has 0 amide bonds. The van der Waals surface area contributed by atoms with E-state index in [4.69, 9.17) is 9.47 Å². The summed E-state index contributed by atoms with van der Waals surface area (Å²) in [6, 6.07) is 8.27. The van der Waals surface area contributed by atoms with Crippen molar-refractivity contribution in [3.63, 3.8) is 0 Å². The van der Waals surface area contributed by atoms with Crippen molar-refractivity contribution in [2.45, 2.75) is 232 Å². The molecule has 0 aromatic heterocycles. The molecule has 0 atom stereocenters. The summed E-state index contributed by atoms with van der Waals surface area (Å²) in [7, 11) is 0. The van der Waals surface area contributed by atoms with Gasteiger partial charge in [-0.3, -0.25) is 0 Å². The van der Waals surface area contributed by atoms with Crippen LogP contribution in [0.5, 0.6) is 11.5 Å². The Kier molecular flexibility index (Phi) is 34.1. The maximum Gasteiger partial charge on any atom is 0.122 e. The van der Waals surface area contributed by atoms with E-state index in [0.29, 0.717) is 0 Å². The summed E-state index contributed by atoms with van der Waals surface area (Å²) in [5, 5.41) is 0. The van der Waals surface area contributed by atoms with Crippen molar-refractivity contribution in [3.05, 3.63) is 24.3 Å². The van der Waals surface area contributed by atoms with Gasteiger partial charge in [0, 0.05) is 6.07 Å². The second-order valence-corrected chi connectivity index (χ2v) is 14.5. The van der Waals surface area contributed by atoms with Gasteiger partial charge in [0.05, 0.1) is 13.2 Å². The standard InChI is InChI=1S/C44H82O2/c1-3-5-7-9-11-13-15-17-19-21-23-25-27-29-31-33-35-40-45-43-38-37-39-44(42-43)46-41-36-34-32-30-28-26-24-22-20-18-16-14-12-10-8-6-4-2/h37-39,42H,3-36,40-41H2,1-2H3. The predicted octanol–water partition coefficient (Wildman–Crippen LogP) is 15.7. The molecule has 0 bridgehead atoms. The Morgan fingerprint density at radius 3 is 0.761 bits per heavy atom. The molecule has 270 valence electrons. The fourth-order valence-corrected chi connectivity index (χ4v) is 6.69. The number of hydrogen-bond donors (Lipinski definition) is 0. The van der Waals surface area contributed by atoms with Crippen molar-refractivity contribution >= 4 is 0 Å². The van der Waals surface area contributed by atoms with Gasteiger partial charge in [-0.1, -0.05) is 225 Å². The molecule has 0 radical (unpaired) electrons. The predicted molar refractivity (Wildman–Crippen MR) is 206 cm³/mol. The van der Waals surface area contributed by atoms with Gasteiger partial charge in [0.15, 0.2) is 0 Å². The van der Waals surface area contributed by atoms with E-state index in [1.165, 1.54) is 205 Å². The van der Waals surface area contributed by atoms with Crippen LogP contribution in [0, 0.1) is 0 Å². The van der Waals surface area contributed by atoms with Gasteiger partial charge < -0.3 is 9.47 Å². The Hall–Kier alpha value is -1.18. The van der Waals surface area contributed by atoms with Crippen LogP contribution >= 0.6 is 0 Å². The highest BCUT2D eigenvalue weighted by Crippen LogP contribution is 2.21. The van der Waals surface area contributed by atoms with Crippen LogP contribution in [-0.4, -0.2) is 13.2 Å². The summed E-state index contributed by atoms with van der Waals surface area (Å²) in [5.74, 6) is 1.91. The van der Waals surface area contributed by atoms with E-state index < -0.39 is 0 Å². The third kappa shape index (κ3) is 31.4. The zero-order valence-electron chi connectivity index (χ0n) is 31.6. The molecule has 0 heterocycles. The average molecular weight is 643 g/mol. The van der Waals surface area contributed by atoms with Crippen molar-refractivity contribution in [3.8, 4) is 11.5 Å². The first-order valence-corrected chi connectivity index (χ1v) is 21.2. The SMILES string of the molecule is CCCCCCCCCCCCCCCCCCCOc1cccc(OCCCCCCCCCCCCCCCCCCC)c1. The molecule has 0 aliphatic carbocycles. The number of ether oxygens (including phenoxy) is 2. The van der Waals surface area contributed by atoms with Gasteiger partial charge in [-0.2, -0.15) is 0 Å². The molecule has 2 nitrogen and oxygen atoms in total. The van der Waals surface area contributed by atoms with Crippen molar-refractivity contribution in [2.24, 2.45) is 0 Å². The Bertz CT molecular complexity index is 646. The lowest BCUT2D eigenvalue weighted by Gasteiger charge is -2.10. The molecule has 0 aliphatic heterocycles. The van der Waals surface area contributed by atoms with Crippen LogP contribution in [0.1, 0.15) is 232 Å². The van der Waals surface area contributed by atoms with E-state index in [-0.39, 0.29) is 0 Å². The smallest absolute Gasteiger partial charge is 0.122 e. The molecular weight excluding hydrogens is 560 g/mol. The van der Waals surface area contributed by atoms with E-state index in [1.54, 1.807) is 0 Å². The van der Waals surface area contributed by atoms with E-state index in [0.717, 1.165) is 37.6 Å². The van der Waals surface area contributed by atoms with Crippen molar-refractivity contribution in [1.82, 2.24) is 0 Å². The first-order chi connectivity index (χ1) is 22.9. The molecule has 0 N–H and O–H groups in total. The van der Waals surface area contributed by atoms with Crippen LogP contribution in [0.4, 0.5) is 0 Å². The Labute approximate surface area is 290 Å². The van der Waals surface area contributed by atoms with E-state index in [1.807, 2.05) is 0 Å². The number of unbranched alkanes of at least 4 members (excludes halogenated alkanes) is 32. The lowest BCUT2D eigenvalue weighted by Crippen LogP contribution is -2.00. The fraction of sp³-hybridized carbons (Fsp3) is 0.864. The van der Waals surface area contributed by atoms with Gasteiger partial charge >= 0.3 is 0 Å². The quantitative estimate of drug-likeness (QED) is 0.0668. The average Bonchev–Trinajstić information content (AvgIpc) is 3.07. The Morgan fingerprint density at radius 1 is 0.304 bits per heavy atom. The molecular formula is C44H82O2. The molecule has 0 saturated heterocycles. The van der Waals surface area contributed by atoms with Crippen molar-refractivity contribution in [2.75, 3.05) is 13.2 Å². The molecule has 1 rings (SSSR count). The van der Waals surface area contributed by atoms with Crippen molar-refractivity contribution < 1.29 is 9.47 Å². The number of benzene rings is 1. The maximum atomic E-state index is 6.03. The monoisotopic (exact) mass is 643 g/mol. The summed E-state index contributed by atoms with van der Waals surface area (Å²) in [6.07, 6.45) is 47.9. The van der Waals surface area contributed by atoms with Gasteiger partial charge in [-0.05, 0) is 25.0 Å². The first kappa shape index (κ1) is 42.8. The topological polar surface area (TPSA) is 18.5 Å². The largest absolute Gasteiger partial charge is 0.493 e. The summed E-state index contributed by atoms with van der Waals surface area (Å²) >= 11 is 0. The highest BCUT2D eigenvalue weighted by atomic mass is 16.5. The number of rotatable bonds is 38. The molecule has 0 unspecified atom stereocenters. The van der Waals surface area contributed by atoms with Gasteiger partial charge in [-0.25, -0.2) is 0 Å². The normalized spacial score (nSPS) is 11.3. The van der Waals surface area contributed by atoms with Gasteiger partial charge in [-0.15, -0.1) is 0 Å². The number of hydrogen-bond acceptors (Lipinski definition) is 2. The zero-order chi connectivity index (χ0) is 32.9. The summed E-state index contributed by atoms with van der Waals surface area (Å²) < 4.78 is 12.1. The third-order valence-electron chi connectivity index (χ3n) is 9.84. The highest BCUT2D eigenvalue weighted by molar-refractivity contribution is 5.32. The molecule has 1 aromatic rings. The fourth-order valence-electron chi connectivity index (χ4n) is 6.69. The molecule has 0 saturated carbocycles. The first-order valence-electron chi connectivity index (χ1n) is 21.2. The molecule has 0 fully saturated rings. The van der Waals surface area contributed by atoms with Crippen LogP contribution in [-0.2, 0) is 0 Å².